The highest BCUT2D eigenvalue weighted by atomic mass is 19.1. The molecular weight excluding hydrogens is 313 g/mol. The predicted molar refractivity (Wildman–Crippen MR) is 93.5 cm³/mol. The number of nitrogens with one attached hydrogen (secondary N) is 1. The predicted octanol–water partition coefficient (Wildman–Crippen LogP) is 3.88. The normalized spacial score (nSPS) is 15.7. The van der Waals surface area contributed by atoms with Gasteiger partial charge in [0.25, 0.3) is 0 Å². The first-order valence-electron chi connectivity index (χ1n) is 8.34. The standard InChI is InChI=1S/C18H32FNO4/c1-7-15(16(11-13(2)19)23-14(3)12-21)9-8-10-20-17(22)24-18(4,5)6/h7,11,13-14,21H,8-10,12H2,1-6H3,(H,20,22)/b15-7-,16-11+. The summed E-state index contributed by atoms with van der Waals surface area (Å²) in [6, 6.07) is 0. The Morgan fingerprint density at radius 2 is 1.96 bits per heavy atom. The zero-order chi connectivity index (χ0) is 18.8. The summed E-state index contributed by atoms with van der Waals surface area (Å²) >= 11 is 0. The fraction of sp³-hybridized carbons (Fsp3) is 0.722. The van der Waals surface area contributed by atoms with Crippen LogP contribution in [0.25, 0.3) is 0 Å². The fourth-order valence-electron chi connectivity index (χ4n) is 1.88. The highest BCUT2D eigenvalue weighted by Crippen LogP contribution is 2.20. The van der Waals surface area contributed by atoms with Crippen molar-refractivity contribution in [3.63, 3.8) is 0 Å². The van der Waals surface area contributed by atoms with Crippen molar-refractivity contribution in [2.45, 2.75) is 72.3 Å². The molecule has 0 aromatic carbocycles. The number of carbonyl (C=O) groups excluding carboxylic acids is 1. The average molecular weight is 345 g/mol. The molecule has 2 unspecified atom stereocenters. The van der Waals surface area contributed by atoms with Crippen LogP contribution in [0.2, 0.25) is 0 Å². The van der Waals surface area contributed by atoms with E-state index in [1.807, 2.05) is 13.0 Å². The molecule has 0 fully saturated rings. The summed E-state index contributed by atoms with van der Waals surface area (Å²) < 4.78 is 24.1. The third kappa shape index (κ3) is 11.0. The number of aliphatic hydroxyl groups is 1. The number of rotatable bonds is 9. The van der Waals surface area contributed by atoms with Gasteiger partial charge in [0.05, 0.1) is 6.61 Å². The molecule has 0 rings (SSSR count). The second-order valence-electron chi connectivity index (χ2n) is 6.67. The topological polar surface area (TPSA) is 67.8 Å². The summed E-state index contributed by atoms with van der Waals surface area (Å²) in [5, 5.41) is 11.8. The molecule has 0 spiro atoms. The number of ether oxygens (including phenoxy) is 2. The van der Waals surface area contributed by atoms with Crippen molar-refractivity contribution < 1.29 is 23.8 Å². The Morgan fingerprint density at radius 1 is 1.33 bits per heavy atom. The Morgan fingerprint density at radius 3 is 2.42 bits per heavy atom. The average Bonchev–Trinajstić information content (AvgIpc) is 2.44. The minimum absolute atomic E-state index is 0.144. The second-order valence-corrected chi connectivity index (χ2v) is 6.67. The van der Waals surface area contributed by atoms with Gasteiger partial charge in [-0.3, -0.25) is 0 Å². The Labute approximate surface area is 144 Å². The molecule has 0 saturated carbocycles. The number of hydrogen-bond acceptors (Lipinski definition) is 4. The molecule has 0 aliphatic carbocycles. The van der Waals surface area contributed by atoms with E-state index in [0.717, 1.165) is 5.57 Å². The second kappa shape index (κ2) is 11.1. The van der Waals surface area contributed by atoms with Gasteiger partial charge in [-0.2, -0.15) is 0 Å². The van der Waals surface area contributed by atoms with Crippen LogP contribution in [0.5, 0.6) is 0 Å². The summed E-state index contributed by atoms with van der Waals surface area (Å²) in [7, 11) is 0. The maximum absolute atomic E-state index is 13.3. The highest BCUT2D eigenvalue weighted by molar-refractivity contribution is 5.67. The first kappa shape index (κ1) is 22.4. The van der Waals surface area contributed by atoms with Crippen molar-refractivity contribution in [2.24, 2.45) is 0 Å². The first-order valence-corrected chi connectivity index (χ1v) is 8.34. The smallest absolute Gasteiger partial charge is 0.407 e. The van der Waals surface area contributed by atoms with Gasteiger partial charge < -0.3 is 19.9 Å². The maximum Gasteiger partial charge on any atom is 0.407 e. The molecule has 5 nitrogen and oxygen atoms in total. The molecule has 0 aliphatic rings. The van der Waals surface area contributed by atoms with Crippen LogP contribution in [0, 0.1) is 0 Å². The molecule has 2 atom stereocenters. The van der Waals surface area contributed by atoms with Crippen molar-refractivity contribution in [3.8, 4) is 0 Å². The summed E-state index contributed by atoms with van der Waals surface area (Å²) in [4.78, 5) is 11.6. The van der Waals surface area contributed by atoms with Crippen LogP contribution in [-0.2, 0) is 9.47 Å². The zero-order valence-corrected chi connectivity index (χ0v) is 15.7. The van der Waals surface area contributed by atoms with E-state index in [4.69, 9.17) is 14.6 Å². The minimum atomic E-state index is -1.15. The van der Waals surface area contributed by atoms with Gasteiger partial charge in [-0.1, -0.05) is 6.08 Å². The van der Waals surface area contributed by atoms with E-state index < -0.39 is 24.0 Å². The van der Waals surface area contributed by atoms with Gasteiger partial charge >= 0.3 is 6.09 Å². The Balaban J connectivity index is 4.54. The minimum Gasteiger partial charge on any atom is -0.488 e. The fourth-order valence-corrected chi connectivity index (χ4v) is 1.88. The van der Waals surface area contributed by atoms with E-state index in [0.29, 0.717) is 25.1 Å². The van der Waals surface area contributed by atoms with Gasteiger partial charge in [0.15, 0.2) is 0 Å². The largest absolute Gasteiger partial charge is 0.488 e. The number of hydrogen-bond donors (Lipinski definition) is 2. The van der Waals surface area contributed by atoms with E-state index in [1.165, 1.54) is 13.0 Å². The first-order chi connectivity index (χ1) is 11.1. The molecule has 24 heavy (non-hydrogen) atoms. The number of alkyl carbamates (subject to hydrolysis) is 1. The lowest BCUT2D eigenvalue weighted by molar-refractivity contribution is 0.0527. The van der Waals surface area contributed by atoms with E-state index in [2.05, 4.69) is 5.32 Å². The van der Waals surface area contributed by atoms with Crippen molar-refractivity contribution in [2.75, 3.05) is 13.2 Å². The number of carbonyl (C=O) groups is 1. The van der Waals surface area contributed by atoms with Gasteiger partial charge in [0.2, 0.25) is 0 Å². The van der Waals surface area contributed by atoms with E-state index >= 15 is 0 Å². The van der Waals surface area contributed by atoms with Crippen LogP contribution in [0.3, 0.4) is 0 Å². The SMILES string of the molecule is C/C=C(CCCNC(=O)OC(C)(C)C)\C(=C/C(C)F)OC(C)CO. The Kier molecular flexibility index (Phi) is 10.4. The summed E-state index contributed by atoms with van der Waals surface area (Å²) in [5.74, 6) is 0.436. The molecule has 0 saturated heterocycles. The summed E-state index contributed by atoms with van der Waals surface area (Å²) in [5.41, 5.74) is 0.311. The number of allylic oxidation sites excluding steroid dienone is 3. The lowest BCUT2D eigenvalue weighted by Crippen LogP contribution is -2.33. The van der Waals surface area contributed by atoms with Gasteiger partial charge in [0.1, 0.15) is 23.6 Å². The number of alkyl halides is 1. The lowest BCUT2D eigenvalue weighted by atomic mass is 10.1. The van der Waals surface area contributed by atoms with Gasteiger partial charge in [-0.15, -0.1) is 0 Å². The third-order valence-electron chi connectivity index (χ3n) is 2.92. The molecule has 0 aromatic rings. The Hall–Kier alpha value is -1.56. The molecular formula is C18H32FNO4. The molecule has 0 aliphatic heterocycles. The van der Waals surface area contributed by atoms with Crippen LogP contribution in [0.1, 0.15) is 54.4 Å². The molecule has 0 heterocycles. The molecule has 0 radical (unpaired) electrons. The molecule has 0 bridgehead atoms. The van der Waals surface area contributed by atoms with Crippen molar-refractivity contribution >= 4 is 6.09 Å². The van der Waals surface area contributed by atoms with Gasteiger partial charge in [-0.25, -0.2) is 9.18 Å². The number of halogens is 1. The van der Waals surface area contributed by atoms with E-state index in [-0.39, 0.29) is 6.61 Å². The van der Waals surface area contributed by atoms with Crippen LogP contribution in [0.15, 0.2) is 23.5 Å². The molecule has 2 N–H and O–H groups in total. The van der Waals surface area contributed by atoms with E-state index in [9.17, 15) is 9.18 Å². The van der Waals surface area contributed by atoms with Crippen molar-refractivity contribution in [3.05, 3.63) is 23.5 Å². The number of amides is 1. The van der Waals surface area contributed by atoms with Crippen LogP contribution >= 0.6 is 0 Å². The maximum atomic E-state index is 13.3. The lowest BCUT2D eigenvalue weighted by Gasteiger charge is -2.20. The summed E-state index contributed by atoms with van der Waals surface area (Å²) in [6.45, 7) is 10.7. The van der Waals surface area contributed by atoms with E-state index in [1.54, 1.807) is 27.7 Å². The van der Waals surface area contributed by atoms with Crippen molar-refractivity contribution in [1.82, 2.24) is 5.32 Å². The molecule has 6 heteroatoms. The monoisotopic (exact) mass is 345 g/mol. The van der Waals surface area contributed by atoms with Gasteiger partial charge in [-0.05, 0) is 66.0 Å². The molecule has 140 valence electrons. The Bertz CT molecular complexity index is 439. The highest BCUT2D eigenvalue weighted by Gasteiger charge is 2.16. The summed E-state index contributed by atoms with van der Waals surface area (Å²) in [6.07, 6.45) is 2.50. The van der Waals surface area contributed by atoms with Crippen LogP contribution in [0.4, 0.5) is 9.18 Å². The van der Waals surface area contributed by atoms with Crippen molar-refractivity contribution in [1.29, 1.82) is 0 Å². The van der Waals surface area contributed by atoms with Crippen LogP contribution < -0.4 is 5.32 Å². The number of aliphatic hydroxyl groups excluding tert-OH is 1. The van der Waals surface area contributed by atoms with Gasteiger partial charge in [0, 0.05) is 6.54 Å². The molecule has 1 amide bonds. The quantitative estimate of drug-likeness (QED) is 0.378. The molecule has 0 aromatic heterocycles. The zero-order valence-electron chi connectivity index (χ0n) is 15.7. The third-order valence-corrected chi connectivity index (χ3v) is 2.92. The van der Waals surface area contributed by atoms with Crippen LogP contribution in [-0.4, -0.2) is 42.2 Å².